The van der Waals surface area contributed by atoms with Crippen molar-refractivity contribution >= 4 is 5.97 Å². The molecule has 0 radical (unpaired) electrons. The van der Waals surface area contributed by atoms with E-state index in [0.29, 0.717) is 13.2 Å². The number of ether oxygens (including phenoxy) is 1. The third-order valence-electron chi connectivity index (χ3n) is 2.05. The van der Waals surface area contributed by atoms with E-state index in [1.54, 1.807) is 19.3 Å². The maximum Gasteiger partial charge on any atom is 0.330 e. The van der Waals surface area contributed by atoms with Crippen LogP contribution in [0.25, 0.3) is 0 Å². The van der Waals surface area contributed by atoms with Gasteiger partial charge in [0.25, 0.3) is 0 Å². The van der Waals surface area contributed by atoms with Crippen LogP contribution in [-0.2, 0) is 9.53 Å². The van der Waals surface area contributed by atoms with E-state index in [1.807, 2.05) is 19.1 Å². The minimum atomic E-state index is -0.310. The lowest BCUT2D eigenvalue weighted by Gasteiger charge is -2.08. The van der Waals surface area contributed by atoms with E-state index in [2.05, 4.69) is 5.32 Å². The Labute approximate surface area is 95.3 Å². The zero-order chi connectivity index (χ0) is 11.8. The number of esters is 1. The largest absolute Gasteiger partial charge is 0.468 e. The maximum absolute atomic E-state index is 11.0. The van der Waals surface area contributed by atoms with Gasteiger partial charge in [0.2, 0.25) is 0 Å². The van der Waals surface area contributed by atoms with Crippen molar-refractivity contribution in [3.8, 4) is 0 Å². The molecule has 0 unspecified atom stereocenters. The molecular formula is C12H17NO3. The molecule has 0 aliphatic rings. The number of carbonyl (C=O) groups excluding carboxylic acids is 1. The van der Waals surface area contributed by atoms with Crippen LogP contribution in [-0.4, -0.2) is 19.1 Å². The quantitative estimate of drug-likeness (QED) is 0.592. The first-order valence-electron chi connectivity index (χ1n) is 5.34. The van der Waals surface area contributed by atoms with E-state index >= 15 is 0 Å². The summed E-state index contributed by atoms with van der Waals surface area (Å²) >= 11 is 0. The topological polar surface area (TPSA) is 51.5 Å². The summed E-state index contributed by atoms with van der Waals surface area (Å²) in [6.45, 7) is 4.78. The van der Waals surface area contributed by atoms with Gasteiger partial charge in [-0.05, 0) is 26.0 Å². The lowest BCUT2D eigenvalue weighted by Crippen LogP contribution is -2.18. The van der Waals surface area contributed by atoms with E-state index in [0.717, 1.165) is 5.76 Å². The zero-order valence-electron chi connectivity index (χ0n) is 9.60. The Hall–Kier alpha value is -1.55. The van der Waals surface area contributed by atoms with Crippen LogP contribution in [0, 0.1) is 0 Å². The van der Waals surface area contributed by atoms with E-state index in [1.165, 1.54) is 6.08 Å². The molecule has 0 bridgehead atoms. The van der Waals surface area contributed by atoms with Crippen LogP contribution in [0.15, 0.2) is 35.0 Å². The van der Waals surface area contributed by atoms with E-state index in [-0.39, 0.29) is 12.0 Å². The molecule has 1 heterocycles. The maximum atomic E-state index is 11.0. The molecular weight excluding hydrogens is 206 g/mol. The predicted molar refractivity (Wildman–Crippen MR) is 60.9 cm³/mol. The van der Waals surface area contributed by atoms with Gasteiger partial charge in [0.05, 0.1) is 18.9 Å². The predicted octanol–water partition coefficient (Wildman–Crippen LogP) is 2.05. The first kappa shape index (κ1) is 12.5. The van der Waals surface area contributed by atoms with Gasteiger partial charge < -0.3 is 14.5 Å². The second-order valence-electron chi connectivity index (χ2n) is 3.30. The van der Waals surface area contributed by atoms with Gasteiger partial charge in [-0.1, -0.05) is 6.08 Å². The van der Waals surface area contributed by atoms with Crippen LogP contribution < -0.4 is 5.32 Å². The van der Waals surface area contributed by atoms with Gasteiger partial charge >= 0.3 is 5.97 Å². The van der Waals surface area contributed by atoms with Crippen molar-refractivity contribution in [1.29, 1.82) is 0 Å². The molecule has 1 aromatic rings. The van der Waals surface area contributed by atoms with Crippen LogP contribution in [0.5, 0.6) is 0 Å². The van der Waals surface area contributed by atoms with Gasteiger partial charge in [0, 0.05) is 12.6 Å². The smallest absolute Gasteiger partial charge is 0.330 e. The van der Waals surface area contributed by atoms with Gasteiger partial charge in [-0.25, -0.2) is 4.79 Å². The second kappa shape index (κ2) is 6.85. The third-order valence-corrected chi connectivity index (χ3v) is 2.05. The molecule has 16 heavy (non-hydrogen) atoms. The fourth-order valence-electron chi connectivity index (χ4n) is 1.23. The Morgan fingerprint density at radius 2 is 2.50 bits per heavy atom. The third kappa shape index (κ3) is 4.31. The Balaban J connectivity index is 2.23. The van der Waals surface area contributed by atoms with Gasteiger partial charge in [-0.15, -0.1) is 0 Å². The van der Waals surface area contributed by atoms with Crippen LogP contribution in [0.1, 0.15) is 25.6 Å². The first-order chi connectivity index (χ1) is 7.74. The molecule has 0 aliphatic carbocycles. The highest BCUT2D eigenvalue weighted by Gasteiger charge is 2.05. The Bertz CT molecular complexity index is 330. The summed E-state index contributed by atoms with van der Waals surface area (Å²) in [4.78, 5) is 11.0. The number of hydrogen-bond donors (Lipinski definition) is 1. The molecule has 88 valence electrons. The molecule has 1 aromatic heterocycles. The molecule has 0 amide bonds. The summed E-state index contributed by atoms with van der Waals surface area (Å²) in [5.74, 6) is 0.569. The number of carbonyl (C=O) groups is 1. The van der Waals surface area contributed by atoms with Crippen molar-refractivity contribution < 1.29 is 13.9 Å². The number of hydrogen-bond acceptors (Lipinski definition) is 4. The summed E-state index contributed by atoms with van der Waals surface area (Å²) < 4.78 is 9.98. The summed E-state index contributed by atoms with van der Waals surface area (Å²) in [7, 11) is 0. The summed E-state index contributed by atoms with van der Waals surface area (Å²) in [5.41, 5.74) is 0. The van der Waals surface area contributed by atoms with Crippen molar-refractivity contribution in [3.05, 3.63) is 36.3 Å². The number of nitrogens with one attached hydrogen (secondary N) is 1. The molecule has 0 aromatic carbocycles. The fourth-order valence-corrected chi connectivity index (χ4v) is 1.23. The highest BCUT2D eigenvalue weighted by Crippen LogP contribution is 2.11. The molecule has 0 saturated heterocycles. The van der Waals surface area contributed by atoms with Gasteiger partial charge in [-0.3, -0.25) is 0 Å². The van der Waals surface area contributed by atoms with Gasteiger partial charge in [0.15, 0.2) is 0 Å². The average molecular weight is 223 g/mol. The number of furan rings is 1. The lowest BCUT2D eigenvalue weighted by molar-refractivity contribution is -0.137. The highest BCUT2D eigenvalue weighted by atomic mass is 16.5. The van der Waals surface area contributed by atoms with Crippen molar-refractivity contribution in [3.63, 3.8) is 0 Å². The van der Waals surface area contributed by atoms with Gasteiger partial charge in [-0.2, -0.15) is 0 Å². The number of rotatable bonds is 6. The summed E-state index contributed by atoms with van der Waals surface area (Å²) in [6.07, 6.45) is 4.80. The lowest BCUT2D eigenvalue weighted by atomic mass is 10.2. The van der Waals surface area contributed by atoms with Crippen LogP contribution in [0.2, 0.25) is 0 Å². The molecule has 0 saturated carbocycles. The normalized spacial score (nSPS) is 12.9. The van der Waals surface area contributed by atoms with Crippen LogP contribution in [0.4, 0.5) is 0 Å². The highest BCUT2D eigenvalue weighted by molar-refractivity contribution is 5.81. The van der Waals surface area contributed by atoms with Gasteiger partial charge in [0.1, 0.15) is 5.76 Å². The SMILES string of the molecule is CCOC(=O)/C=C/CN[C@@H](C)c1ccco1. The molecule has 0 aliphatic heterocycles. The average Bonchev–Trinajstić information content (AvgIpc) is 2.78. The fraction of sp³-hybridized carbons (Fsp3) is 0.417. The monoisotopic (exact) mass is 223 g/mol. The Morgan fingerprint density at radius 1 is 1.69 bits per heavy atom. The molecule has 4 nitrogen and oxygen atoms in total. The van der Waals surface area contributed by atoms with Crippen molar-refractivity contribution in [1.82, 2.24) is 5.32 Å². The van der Waals surface area contributed by atoms with E-state index in [4.69, 9.17) is 9.15 Å². The molecule has 4 heteroatoms. The minimum absolute atomic E-state index is 0.127. The molecule has 1 N–H and O–H groups in total. The van der Waals surface area contributed by atoms with Crippen molar-refractivity contribution in [2.75, 3.05) is 13.2 Å². The van der Waals surface area contributed by atoms with Crippen molar-refractivity contribution in [2.45, 2.75) is 19.9 Å². The molecule has 1 rings (SSSR count). The zero-order valence-corrected chi connectivity index (χ0v) is 9.60. The van der Waals surface area contributed by atoms with Crippen LogP contribution in [0.3, 0.4) is 0 Å². The minimum Gasteiger partial charge on any atom is -0.468 e. The summed E-state index contributed by atoms with van der Waals surface area (Å²) in [5, 5.41) is 3.19. The Morgan fingerprint density at radius 3 is 3.12 bits per heavy atom. The first-order valence-corrected chi connectivity index (χ1v) is 5.34. The molecule has 0 spiro atoms. The van der Waals surface area contributed by atoms with Crippen molar-refractivity contribution in [2.24, 2.45) is 0 Å². The standard InChI is InChI=1S/C12H17NO3/c1-3-15-12(14)7-4-8-13-10(2)11-6-5-9-16-11/h4-7,9-10,13H,3,8H2,1-2H3/b7-4+/t10-/m0/s1. The molecule has 0 fully saturated rings. The molecule has 1 atom stereocenters. The van der Waals surface area contributed by atoms with E-state index in [9.17, 15) is 4.79 Å². The summed E-state index contributed by atoms with van der Waals surface area (Å²) in [6, 6.07) is 3.89. The second-order valence-corrected chi connectivity index (χ2v) is 3.30. The Kier molecular flexibility index (Phi) is 5.36. The van der Waals surface area contributed by atoms with E-state index < -0.39 is 0 Å². The van der Waals surface area contributed by atoms with Crippen LogP contribution >= 0.6 is 0 Å².